The van der Waals surface area contributed by atoms with Gasteiger partial charge in [-0.15, -0.1) is 0 Å². The van der Waals surface area contributed by atoms with Crippen LogP contribution in [0.25, 0.3) is 11.3 Å². The van der Waals surface area contributed by atoms with Crippen molar-refractivity contribution >= 4 is 35.5 Å². The van der Waals surface area contributed by atoms with Crippen molar-refractivity contribution in [3.8, 4) is 11.3 Å². The van der Waals surface area contributed by atoms with Gasteiger partial charge in [-0.1, -0.05) is 18.7 Å². The number of allylic oxidation sites excluding steroid dienone is 1. The van der Waals surface area contributed by atoms with E-state index < -0.39 is 29.4 Å². The van der Waals surface area contributed by atoms with Crippen molar-refractivity contribution in [1.82, 2.24) is 25.5 Å². The van der Waals surface area contributed by atoms with Gasteiger partial charge < -0.3 is 25.6 Å². The summed E-state index contributed by atoms with van der Waals surface area (Å²) < 4.78 is 35.3. The number of nitrogens with one attached hydrogen (secondary N) is 3. The van der Waals surface area contributed by atoms with E-state index in [1.165, 1.54) is 6.07 Å². The molecule has 4 amide bonds. The van der Waals surface area contributed by atoms with E-state index in [4.69, 9.17) is 9.72 Å². The summed E-state index contributed by atoms with van der Waals surface area (Å²) in [6.07, 6.45) is 2.82. The van der Waals surface area contributed by atoms with Gasteiger partial charge in [0.05, 0.1) is 18.0 Å². The summed E-state index contributed by atoms with van der Waals surface area (Å²) in [4.78, 5) is 50.6. The number of likely N-dealkylation sites (tertiary alicyclic amines) is 1. The number of rotatable bonds is 8. The summed E-state index contributed by atoms with van der Waals surface area (Å²) in [5.41, 5.74) is 2.13. The quantitative estimate of drug-likeness (QED) is 0.269. The SMILES string of the molecule is C=C(C)OC(=O)N1CCC(Nc2nc(-c3cc(C(=O)NCC4CC4)ccc3C)c3c(n2)N(c2c(F)cccc2F)C(=O)NC3)CC1. The molecule has 3 heterocycles. The second kappa shape index (κ2) is 12.7. The molecule has 0 spiro atoms. The summed E-state index contributed by atoms with van der Waals surface area (Å²) in [6, 6.07) is 7.75. The van der Waals surface area contributed by atoms with E-state index in [0.29, 0.717) is 66.5 Å². The van der Waals surface area contributed by atoms with Crippen molar-refractivity contribution in [3.05, 3.63) is 77.1 Å². The minimum absolute atomic E-state index is 0.00286. The number of urea groups is 1. The average Bonchev–Trinajstić information content (AvgIpc) is 3.85. The Balaban J connectivity index is 1.39. The Hall–Kier alpha value is -5.07. The highest BCUT2D eigenvalue weighted by Crippen LogP contribution is 2.39. The summed E-state index contributed by atoms with van der Waals surface area (Å²) in [7, 11) is 0. The molecule has 0 radical (unpaired) electrons. The highest BCUT2D eigenvalue weighted by atomic mass is 19.1. The van der Waals surface area contributed by atoms with Gasteiger partial charge in [0, 0.05) is 42.4 Å². The fourth-order valence-electron chi connectivity index (χ4n) is 5.64. The number of aromatic nitrogens is 2. The van der Waals surface area contributed by atoms with Gasteiger partial charge in [0.15, 0.2) is 5.82 Å². The number of hydrogen-bond acceptors (Lipinski definition) is 7. The van der Waals surface area contributed by atoms with Crippen LogP contribution in [0.2, 0.25) is 0 Å². The predicted octanol–water partition coefficient (Wildman–Crippen LogP) is 5.78. The first kappa shape index (κ1) is 30.9. The minimum Gasteiger partial charge on any atom is -0.416 e. The molecule has 1 aromatic heterocycles. The Bertz CT molecular complexity index is 1700. The van der Waals surface area contributed by atoms with E-state index in [1.807, 2.05) is 13.0 Å². The molecular formula is C33H35F2N7O4. The van der Waals surface area contributed by atoms with Crippen molar-refractivity contribution in [2.75, 3.05) is 29.9 Å². The van der Waals surface area contributed by atoms with Crippen LogP contribution >= 0.6 is 0 Å². The van der Waals surface area contributed by atoms with Crippen molar-refractivity contribution in [1.29, 1.82) is 0 Å². The topological polar surface area (TPSA) is 129 Å². The molecule has 1 aliphatic carbocycles. The van der Waals surface area contributed by atoms with Crippen LogP contribution in [0.4, 0.5) is 35.8 Å². The number of para-hydroxylation sites is 1. The van der Waals surface area contributed by atoms with E-state index in [0.717, 1.165) is 35.4 Å². The van der Waals surface area contributed by atoms with Crippen molar-refractivity contribution < 1.29 is 27.9 Å². The van der Waals surface area contributed by atoms with Gasteiger partial charge in [0.2, 0.25) is 5.95 Å². The number of aryl methyl sites for hydroxylation is 1. The molecule has 3 N–H and O–H groups in total. The molecule has 46 heavy (non-hydrogen) atoms. The number of nitrogens with zero attached hydrogens (tertiary/aromatic N) is 4. The number of carbonyl (C=O) groups excluding carboxylic acids is 3. The zero-order valence-electron chi connectivity index (χ0n) is 25.7. The third-order valence-electron chi connectivity index (χ3n) is 8.33. The van der Waals surface area contributed by atoms with Gasteiger partial charge in [0.1, 0.15) is 17.3 Å². The molecular weight excluding hydrogens is 596 g/mol. The van der Waals surface area contributed by atoms with Gasteiger partial charge in [-0.25, -0.2) is 28.3 Å². The number of hydrogen-bond donors (Lipinski definition) is 3. The van der Waals surface area contributed by atoms with Crippen LogP contribution in [0.3, 0.4) is 0 Å². The van der Waals surface area contributed by atoms with Crippen LogP contribution < -0.4 is 20.9 Å². The number of halogens is 2. The number of piperidine rings is 1. The smallest absolute Gasteiger partial charge is 0.414 e. The third-order valence-corrected chi connectivity index (χ3v) is 8.33. The van der Waals surface area contributed by atoms with Crippen LogP contribution in [0.1, 0.15) is 54.1 Å². The lowest BCUT2D eigenvalue weighted by Crippen LogP contribution is -2.44. The van der Waals surface area contributed by atoms with E-state index in [9.17, 15) is 14.4 Å². The molecule has 2 fully saturated rings. The molecule has 3 aliphatic rings. The number of benzene rings is 2. The average molecular weight is 632 g/mol. The summed E-state index contributed by atoms with van der Waals surface area (Å²) in [6.45, 7) is 8.52. The molecule has 1 saturated carbocycles. The molecule has 1 saturated heterocycles. The Morgan fingerprint density at radius 3 is 2.48 bits per heavy atom. The van der Waals surface area contributed by atoms with E-state index in [-0.39, 0.29) is 30.3 Å². The molecule has 0 unspecified atom stereocenters. The standard InChI is InChI=1S/C33H35F2N7O4/c1-18(2)46-33(45)41-13-11-22(12-14-41)38-31-39-27(23-15-21(10-7-19(23)3)30(43)36-16-20-8-9-20)24-17-37-32(44)42(29(24)40-31)28-25(34)5-4-6-26(28)35/h4-7,10,15,20,22H,1,8-9,11-14,16-17H2,2-3H3,(H,36,43)(H,37,44)(H,38,39,40). The molecule has 11 nitrogen and oxygen atoms in total. The number of ether oxygens (including phenoxy) is 1. The number of amides is 4. The van der Waals surface area contributed by atoms with Crippen LogP contribution in [0.15, 0.2) is 48.7 Å². The van der Waals surface area contributed by atoms with Gasteiger partial charge in [-0.05, 0) is 75.3 Å². The van der Waals surface area contributed by atoms with Crippen LogP contribution in [-0.4, -0.2) is 58.6 Å². The molecule has 240 valence electrons. The zero-order chi connectivity index (χ0) is 32.5. The second-order valence-electron chi connectivity index (χ2n) is 11.9. The largest absolute Gasteiger partial charge is 0.416 e. The van der Waals surface area contributed by atoms with Crippen molar-refractivity contribution in [2.45, 2.75) is 52.1 Å². The fraction of sp³-hybridized carbons (Fsp3) is 0.364. The summed E-state index contributed by atoms with van der Waals surface area (Å²) >= 11 is 0. The molecule has 0 atom stereocenters. The van der Waals surface area contributed by atoms with Crippen LogP contribution in [0, 0.1) is 24.5 Å². The second-order valence-corrected chi connectivity index (χ2v) is 11.9. The van der Waals surface area contributed by atoms with E-state index in [1.54, 1.807) is 24.0 Å². The predicted molar refractivity (Wildman–Crippen MR) is 168 cm³/mol. The first-order valence-electron chi connectivity index (χ1n) is 15.3. The third kappa shape index (κ3) is 6.49. The highest BCUT2D eigenvalue weighted by Gasteiger charge is 2.35. The van der Waals surface area contributed by atoms with Crippen molar-refractivity contribution in [2.24, 2.45) is 5.92 Å². The highest BCUT2D eigenvalue weighted by molar-refractivity contribution is 6.02. The first-order chi connectivity index (χ1) is 22.1. The molecule has 3 aromatic rings. The molecule has 6 rings (SSSR count). The Labute approximate surface area is 265 Å². The summed E-state index contributed by atoms with van der Waals surface area (Å²) in [5.74, 6) is -1.11. The van der Waals surface area contributed by atoms with Gasteiger partial charge in [-0.2, -0.15) is 4.98 Å². The maximum Gasteiger partial charge on any atom is 0.414 e. The zero-order valence-corrected chi connectivity index (χ0v) is 25.7. The van der Waals surface area contributed by atoms with Gasteiger partial charge >= 0.3 is 12.1 Å². The molecule has 13 heteroatoms. The number of anilines is 3. The Morgan fingerprint density at radius 2 is 1.80 bits per heavy atom. The monoisotopic (exact) mass is 631 g/mol. The molecule has 0 bridgehead atoms. The Morgan fingerprint density at radius 1 is 1.09 bits per heavy atom. The minimum atomic E-state index is -0.933. The summed E-state index contributed by atoms with van der Waals surface area (Å²) in [5, 5.41) is 8.99. The lowest BCUT2D eigenvalue weighted by atomic mass is 9.97. The number of fused-ring (bicyclic) bond motifs is 1. The fourth-order valence-corrected chi connectivity index (χ4v) is 5.64. The molecule has 2 aliphatic heterocycles. The van der Waals surface area contributed by atoms with Crippen LogP contribution in [-0.2, 0) is 11.3 Å². The van der Waals surface area contributed by atoms with E-state index in [2.05, 4.69) is 27.5 Å². The lowest BCUT2D eigenvalue weighted by molar-refractivity contribution is 0.0951. The first-order valence-corrected chi connectivity index (χ1v) is 15.3. The van der Waals surface area contributed by atoms with Crippen molar-refractivity contribution in [3.63, 3.8) is 0 Å². The normalized spacial score (nSPS) is 16.4. The van der Waals surface area contributed by atoms with E-state index >= 15 is 8.78 Å². The molecule has 2 aromatic carbocycles. The maximum absolute atomic E-state index is 15.1. The lowest BCUT2D eigenvalue weighted by Gasteiger charge is -2.33. The van der Waals surface area contributed by atoms with Gasteiger partial charge in [-0.3, -0.25) is 4.79 Å². The number of carbonyl (C=O) groups is 3. The maximum atomic E-state index is 15.1. The van der Waals surface area contributed by atoms with Gasteiger partial charge in [0.25, 0.3) is 5.91 Å². The van der Waals surface area contributed by atoms with Crippen LogP contribution in [0.5, 0.6) is 0 Å². The Kier molecular flexibility index (Phi) is 8.57.